The maximum Gasteiger partial charge on any atom is 0.135 e. The molecule has 1 aliphatic carbocycles. The van der Waals surface area contributed by atoms with Crippen LogP contribution in [-0.4, -0.2) is 23.9 Å². The van der Waals surface area contributed by atoms with Gasteiger partial charge in [0.2, 0.25) is 0 Å². The fraction of sp³-hybridized carbons (Fsp3) is 0.700. The minimum atomic E-state index is -0.399. The molecule has 4 heteroatoms. The molecule has 1 aliphatic heterocycles. The SMILES string of the molecule is CONCc1c(C(C)C)cc(C(C)C)c2c1OC1(CCC1)C(O)C2. The van der Waals surface area contributed by atoms with Gasteiger partial charge < -0.3 is 14.7 Å². The van der Waals surface area contributed by atoms with Crippen molar-refractivity contribution in [3.05, 3.63) is 28.3 Å². The molecule has 24 heavy (non-hydrogen) atoms. The molecule has 4 nitrogen and oxygen atoms in total. The molecule has 1 aromatic rings. The quantitative estimate of drug-likeness (QED) is 0.805. The van der Waals surface area contributed by atoms with Crippen LogP contribution in [0, 0.1) is 0 Å². The maximum atomic E-state index is 10.7. The Balaban J connectivity index is 2.15. The van der Waals surface area contributed by atoms with Crippen LogP contribution in [0.2, 0.25) is 0 Å². The molecule has 3 rings (SSSR count). The molecule has 1 unspecified atom stereocenters. The van der Waals surface area contributed by atoms with Crippen molar-refractivity contribution < 1.29 is 14.7 Å². The lowest BCUT2D eigenvalue weighted by Gasteiger charge is -2.49. The van der Waals surface area contributed by atoms with Gasteiger partial charge in [-0.3, -0.25) is 0 Å². The number of fused-ring (bicyclic) bond motifs is 1. The number of benzene rings is 1. The molecule has 1 saturated carbocycles. The molecule has 1 fully saturated rings. The Labute approximate surface area is 145 Å². The molecule has 2 N–H and O–H groups in total. The van der Waals surface area contributed by atoms with Crippen LogP contribution >= 0.6 is 0 Å². The third-order valence-corrected chi connectivity index (χ3v) is 5.70. The van der Waals surface area contributed by atoms with Crippen LogP contribution in [0.4, 0.5) is 0 Å². The van der Waals surface area contributed by atoms with Gasteiger partial charge in [0.1, 0.15) is 11.4 Å². The fourth-order valence-electron chi connectivity index (χ4n) is 4.09. The zero-order valence-electron chi connectivity index (χ0n) is 15.6. The Morgan fingerprint density at radius 2 is 1.92 bits per heavy atom. The first-order chi connectivity index (χ1) is 11.4. The van der Waals surface area contributed by atoms with E-state index in [2.05, 4.69) is 39.2 Å². The Hall–Kier alpha value is -1.10. The smallest absolute Gasteiger partial charge is 0.135 e. The van der Waals surface area contributed by atoms with E-state index in [4.69, 9.17) is 9.57 Å². The van der Waals surface area contributed by atoms with Crippen LogP contribution < -0.4 is 10.2 Å². The van der Waals surface area contributed by atoms with Gasteiger partial charge in [-0.05, 0) is 42.2 Å². The molecule has 0 radical (unpaired) electrons. The molecule has 0 saturated heterocycles. The second-order valence-electron chi connectivity index (χ2n) is 7.92. The highest BCUT2D eigenvalue weighted by Gasteiger charge is 2.50. The summed E-state index contributed by atoms with van der Waals surface area (Å²) in [7, 11) is 1.64. The van der Waals surface area contributed by atoms with Gasteiger partial charge in [0, 0.05) is 24.1 Å². The average Bonchev–Trinajstić information content (AvgIpc) is 2.49. The van der Waals surface area contributed by atoms with Crippen LogP contribution in [0.15, 0.2) is 6.07 Å². The van der Waals surface area contributed by atoms with E-state index in [1.165, 1.54) is 22.3 Å². The lowest BCUT2D eigenvalue weighted by molar-refractivity contribution is -0.116. The molecule has 1 atom stereocenters. The maximum absolute atomic E-state index is 10.7. The standard InChI is InChI=1S/C20H31NO3/c1-12(2)14-9-15(13(3)4)17(11-21-23-5)19-16(14)10-18(22)20(24-19)7-6-8-20/h9,12-13,18,21-22H,6-8,10-11H2,1-5H3. The largest absolute Gasteiger partial charge is 0.484 e. The normalized spacial score (nSPS) is 21.8. The topological polar surface area (TPSA) is 50.7 Å². The van der Waals surface area contributed by atoms with Crippen LogP contribution in [-0.2, 0) is 17.8 Å². The molecular formula is C20H31NO3. The first kappa shape index (κ1) is 17.7. The number of rotatable bonds is 5. The van der Waals surface area contributed by atoms with Gasteiger partial charge >= 0.3 is 0 Å². The summed E-state index contributed by atoms with van der Waals surface area (Å²) < 4.78 is 6.53. The number of hydrogen-bond donors (Lipinski definition) is 2. The van der Waals surface area contributed by atoms with Gasteiger partial charge in [-0.1, -0.05) is 33.8 Å². The van der Waals surface area contributed by atoms with Crippen LogP contribution in [0.1, 0.15) is 81.0 Å². The average molecular weight is 333 g/mol. The number of ether oxygens (including phenoxy) is 1. The lowest BCUT2D eigenvalue weighted by Crippen LogP contribution is -2.56. The van der Waals surface area contributed by atoms with Gasteiger partial charge in [-0.25, -0.2) is 0 Å². The second-order valence-corrected chi connectivity index (χ2v) is 7.92. The summed E-state index contributed by atoms with van der Waals surface area (Å²) in [6.45, 7) is 9.49. The van der Waals surface area contributed by atoms with E-state index in [9.17, 15) is 5.11 Å². The summed E-state index contributed by atoms with van der Waals surface area (Å²) in [4.78, 5) is 5.11. The minimum absolute atomic E-state index is 0.362. The van der Waals surface area contributed by atoms with E-state index in [-0.39, 0.29) is 5.60 Å². The summed E-state index contributed by atoms with van der Waals surface area (Å²) in [5.74, 6) is 1.82. The van der Waals surface area contributed by atoms with Crippen molar-refractivity contribution in [3.63, 3.8) is 0 Å². The predicted molar refractivity (Wildman–Crippen MR) is 95.4 cm³/mol. The van der Waals surface area contributed by atoms with Crippen LogP contribution in [0.3, 0.4) is 0 Å². The highest BCUT2D eigenvalue weighted by Crippen LogP contribution is 2.49. The highest BCUT2D eigenvalue weighted by atomic mass is 16.6. The van der Waals surface area contributed by atoms with E-state index < -0.39 is 6.10 Å². The van der Waals surface area contributed by atoms with Crippen molar-refractivity contribution in [2.45, 2.75) is 83.5 Å². The number of hydroxylamine groups is 1. The summed E-state index contributed by atoms with van der Waals surface area (Å²) in [5, 5.41) is 10.7. The lowest BCUT2D eigenvalue weighted by atomic mass is 9.71. The second kappa shape index (κ2) is 6.66. The third-order valence-electron chi connectivity index (χ3n) is 5.70. The van der Waals surface area contributed by atoms with Crippen molar-refractivity contribution >= 4 is 0 Å². The van der Waals surface area contributed by atoms with Gasteiger partial charge in [0.05, 0.1) is 13.2 Å². The molecule has 0 amide bonds. The van der Waals surface area contributed by atoms with Crippen LogP contribution in [0.25, 0.3) is 0 Å². The summed E-state index contributed by atoms with van der Waals surface area (Å²) in [6.07, 6.45) is 3.34. The summed E-state index contributed by atoms with van der Waals surface area (Å²) in [5.41, 5.74) is 7.62. The van der Waals surface area contributed by atoms with Gasteiger partial charge in [-0.2, -0.15) is 5.48 Å². The first-order valence-corrected chi connectivity index (χ1v) is 9.21. The Kier molecular flexibility index (Phi) is 4.92. The monoisotopic (exact) mass is 333 g/mol. The molecule has 1 aromatic carbocycles. The minimum Gasteiger partial charge on any atom is -0.484 e. The van der Waals surface area contributed by atoms with Crippen molar-refractivity contribution in [2.75, 3.05) is 7.11 Å². The van der Waals surface area contributed by atoms with Crippen molar-refractivity contribution in [1.29, 1.82) is 0 Å². The molecule has 0 bridgehead atoms. The zero-order valence-corrected chi connectivity index (χ0v) is 15.6. The first-order valence-electron chi connectivity index (χ1n) is 9.21. The van der Waals surface area contributed by atoms with E-state index in [0.717, 1.165) is 25.0 Å². The molecule has 134 valence electrons. The van der Waals surface area contributed by atoms with Gasteiger partial charge in [0.25, 0.3) is 0 Å². The number of hydrogen-bond acceptors (Lipinski definition) is 4. The van der Waals surface area contributed by atoms with E-state index in [1.54, 1.807) is 7.11 Å². The Bertz CT molecular complexity index is 605. The number of aliphatic hydroxyl groups excluding tert-OH is 1. The molecule has 2 aliphatic rings. The Morgan fingerprint density at radius 1 is 1.25 bits per heavy atom. The zero-order chi connectivity index (χ0) is 17.5. The van der Waals surface area contributed by atoms with Crippen molar-refractivity contribution in [2.24, 2.45) is 0 Å². The highest BCUT2D eigenvalue weighted by molar-refractivity contribution is 5.55. The number of nitrogens with one attached hydrogen (secondary N) is 1. The van der Waals surface area contributed by atoms with E-state index in [0.29, 0.717) is 24.8 Å². The predicted octanol–water partition coefficient (Wildman–Crippen LogP) is 3.80. The third kappa shape index (κ3) is 2.85. The molecule has 1 spiro atoms. The van der Waals surface area contributed by atoms with Gasteiger partial charge in [-0.15, -0.1) is 0 Å². The van der Waals surface area contributed by atoms with Crippen LogP contribution in [0.5, 0.6) is 5.75 Å². The fourth-order valence-corrected chi connectivity index (χ4v) is 4.09. The van der Waals surface area contributed by atoms with Crippen molar-refractivity contribution in [1.82, 2.24) is 5.48 Å². The van der Waals surface area contributed by atoms with E-state index in [1.807, 2.05) is 0 Å². The van der Waals surface area contributed by atoms with Gasteiger partial charge in [0.15, 0.2) is 0 Å². The molecular weight excluding hydrogens is 302 g/mol. The van der Waals surface area contributed by atoms with Crippen molar-refractivity contribution in [3.8, 4) is 5.75 Å². The summed E-state index contributed by atoms with van der Waals surface area (Å²) >= 11 is 0. The number of aliphatic hydroxyl groups is 1. The Morgan fingerprint density at radius 3 is 2.42 bits per heavy atom. The molecule has 1 heterocycles. The van der Waals surface area contributed by atoms with E-state index >= 15 is 0 Å². The summed E-state index contributed by atoms with van der Waals surface area (Å²) in [6, 6.07) is 2.32. The molecule has 0 aromatic heterocycles.